The van der Waals surface area contributed by atoms with Crippen LogP contribution >= 0.6 is 11.8 Å². The second-order valence-electron chi connectivity index (χ2n) is 5.01. The van der Waals surface area contributed by atoms with Crippen LogP contribution in [0.2, 0.25) is 0 Å². The first kappa shape index (κ1) is 16.7. The van der Waals surface area contributed by atoms with Crippen LogP contribution in [0, 0.1) is 0 Å². The fraction of sp³-hybridized carbons (Fsp3) is 0.600. The smallest absolute Gasteiger partial charge is 0.287 e. The van der Waals surface area contributed by atoms with E-state index in [0.717, 1.165) is 19.0 Å². The molecule has 1 fully saturated rings. The highest BCUT2D eigenvalue weighted by Gasteiger charge is 2.15. The summed E-state index contributed by atoms with van der Waals surface area (Å²) in [5.41, 5.74) is 0. The predicted octanol–water partition coefficient (Wildman–Crippen LogP) is 1.46. The van der Waals surface area contributed by atoms with Crippen molar-refractivity contribution < 1.29 is 9.21 Å². The fourth-order valence-corrected chi connectivity index (χ4v) is 3.35. The Balaban J connectivity index is 1.67. The van der Waals surface area contributed by atoms with E-state index in [4.69, 9.17) is 4.42 Å². The minimum atomic E-state index is -0.198. The van der Waals surface area contributed by atoms with E-state index in [1.807, 2.05) is 18.7 Å². The third-order valence-electron chi connectivity index (χ3n) is 3.27. The zero-order valence-corrected chi connectivity index (χ0v) is 13.7. The Labute approximate surface area is 135 Å². The molecule has 2 heterocycles. The summed E-state index contributed by atoms with van der Waals surface area (Å²) in [6.45, 7) is 4.85. The molecule has 1 aliphatic heterocycles. The van der Waals surface area contributed by atoms with Crippen molar-refractivity contribution in [2.75, 3.05) is 31.9 Å². The molecule has 1 aromatic rings. The average molecular weight is 324 g/mol. The number of nitrogens with zero attached hydrogens (tertiary/aromatic N) is 1. The van der Waals surface area contributed by atoms with E-state index in [1.54, 1.807) is 12.1 Å². The molecular weight excluding hydrogens is 300 g/mol. The number of nitrogens with one attached hydrogen (secondary N) is 3. The van der Waals surface area contributed by atoms with Gasteiger partial charge >= 0.3 is 0 Å². The van der Waals surface area contributed by atoms with Crippen molar-refractivity contribution in [1.82, 2.24) is 16.0 Å². The lowest BCUT2D eigenvalue weighted by Gasteiger charge is -2.12. The summed E-state index contributed by atoms with van der Waals surface area (Å²) < 4.78 is 5.04. The molecule has 6 nitrogen and oxygen atoms in total. The molecule has 0 saturated carbocycles. The summed E-state index contributed by atoms with van der Waals surface area (Å²) >= 11 is 2.00. The number of hydrogen-bond donors (Lipinski definition) is 3. The molecule has 0 radical (unpaired) electrons. The van der Waals surface area contributed by atoms with Crippen LogP contribution in [0.3, 0.4) is 0 Å². The molecule has 0 bridgehead atoms. The van der Waals surface area contributed by atoms with Gasteiger partial charge in [0.15, 0.2) is 11.7 Å². The third kappa shape index (κ3) is 5.63. The lowest BCUT2D eigenvalue weighted by atomic mass is 10.2. The van der Waals surface area contributed by atoms with Crippen LogP contribution in [0.5, 0.6) is 0 Å². The summed E-state index contributed by atoms with van der Waals surface area (Å²) in [7, 11) is 0. The molecule has 2 rings (SSSR count). The molecule has 1 amide bonds. The number of furan rings is 1. The molecule has 1 aromatic heterocycles. The predicted molar refractivity (Wildman–Crippen MR) is 90.5 cm³/mol. The molecule has 122 valence electrons. The van der Waals surface area contributed by atoms with Crippen LogP contribution in [0.25, 0.3) is 0 Å². The number of guanidine groups is 1. The number of amides is 1. The SMILES string of the molecule is CCNC(=NCC1CCCS1)NCCNC(=O)c1ccco1. The van der Waals surface area contributed by atoms with Gasteiger partial charge in [-0.05, 0) is 37.7 Å². The van der Waals surface area contributed by atoms with Gasteiger partial charge in [-0.25, -0.2) is 0 Å². The molecule has 1 aliphatic rings. The highest BCUT2D eigenvalue weighted by molar-refractivity contribution is 8.00. The molecule has 3 N–H and O–H groups in total. The minimum Gasteiger partial charge on any atom is -0.459 e. The summed E-state index contributed by atoms with van der Waals surface area (Å²) in [4.78, 5) is 16.3. The first-order valence-electron chi connectivity index (χ1n) is 7.75. The quantitative estimate of drug-likeness (QED) is 0.402. The van der Waals surface area contributed by atoms with E-state index < -0.39 is 0 Å². The zero-order chi connectivity index (χ0) is 15.6. The number of hydrogen-bond acceptors (Lipinski definition) is 4. The number of carbonyl (C=O) groups excluding carboxylic acids is 1. The van der Waals surface area contributed by atoms with E-state index in [1.165, 1.54) is 24.9 Å². The number of rotatable bonds is 7. The van der Waals surface area contributed by atoms with Crippen molar-refractivity contribution in [3.8, 4) is 0 Å². The maximum absolute atomic E-state index is 11.7. The van der Waals surface area contributed by atoms with Gasteiger partial charge in [0.1, 0.15) is 0 Å². The highest BCUT2D eigenvalue weighted by Crippen LogP contribution is 2.25. The Morgan fingerprint density at radius 1 is 1.41 bits per heavy atom. The Morgan fingerprint density at radius 3 is 2.95 bits per heavy atom. The molecule has 1 saturated heterocycles. The van der Waals surface area contributed by atoms with Crippen LogP contribution in [0.1, 0.15) is 30.3 Å². The molecule has 0 spiro atoms. The van der Waals surface area contributed by atoms with Gasteiger partial charge in [0.05, 0.1) is 12.8 Å². The van der Waals surface area contributed by atoms with Crippen molar-refractivity contribution in [3.05, 3.63) is 24.2 Å². The Bertz CT molecular complexity index is 470. The third-order valence-corrected chi connectivity index (χ3v) is 4.65. The van der Waals surface area contributed by atoms with Crippen molar-refractivity contribution in [1.29, 1.82) is 0 Å². The topological polar surface area (TPSA) is 78.7 Å². The van der Waals surface area contributed by atoms with Crippen LogP contribution in [-0.2, 0) is 0 Å². The largest absolute Gasteiger partial charge is 0.459 e. The minimum absolute atomic E-state index is 0.198. The average Bonchev–Trinajstić information content (AvgIpc) is 3.22. The Kier molecular flexibility index (Phi) is 7.15. The molecule has 1 unspecified atom stereocenters. The van der Waals surface area contributed by atoms with E-state index in [-0.39, 0.29) is 5.91 Å². The van der Waals surface area contributed by atoms with Crippen LogP contribution < -0.4 is 16.0 Å². The summed E-state index contributed by atoms with van der Waals surface area (Å²) in [6.07, 6.45) is 4.05. The van der Waals surface area contributed by atoms with Gasteiger partial charge in [-0.15, -0.1) is 0 Å². The number of carbonyl (C=O) groups is 1. The second kappa shape index (κ2) is 9.40. The molecule has 0 aromatic carbocycles. The van der Waals surface area contributed by atoms with Crippen molar-refractivity contribution in [3.63, 3.8) is 0 Å². The molecular formula is C15H24N4O2S. The maximum atomic E-state index is 11.7. The highest BCUT2D eigenvalue weighted by atomic mass is 32.2. The number of thioether (sulfide) groups is 1. The van der Waals surface area contributed by atoms with Gasteiger partial charge in [0, 0.05) is 24.9 Å². The maximum Gasteiger partial charge on any atom is 0.287 e. The van der Waals surface area contributed by atoms with Crippen molar-refractivity contribution in [2.45, 2.75) is 25.0 Å². The van der Waals surface area contributed by atoms with Gasteiger partial charge in [0.2, 0.25) is 0 Å². The normalized spacial score (nSPS) is 18.2. The lowest BCUT2D eigenvalue weighted by molar-refractivity contribution is 0.0926. The van der Waals surface area contributed by atoms with Crippen molar-refractivity contribution >= 4 is 23.6 Å². The first-order valence-corrected chi connectivity index (χ1v) is 8.80. The summed E-state index contributed by atoms with van der Waals surface area (Å²) in [5, 5.41) is 9.90. The van der Waals surface area contributed by atoms with Crippen molar-refractivity contribution in [2.24, 2.45) is 4.99 Å². The molecule has 22 heavy (non-hydrogen) atoms. The van der Waals surface area contributed by atoms with Gasteiger partial charge < -0.3 is 20.4 Å². The van der Waals surface area contributed by atoms with E-state index in [9.17, 15) is 4.79 Å². The number of aliphatic imine (C=N–C) groups is 1. The standard InChI is InChI=1S/C15H24N4O2S/c1-2-16-15(19-11-12-5-4-10-22-12)18-8-7-17-14(20)13-6-3-9-21-13/h3,6,9,12H,2,4-5,7-8,10-11H2,1H3,(H,17,20)(H2,16,18,19). The second-order valence-corrected chi connectivity index (χ2v) is 6.42. The lowest BCUT2D eigenvalue weighted by Crippen LogP contribution is -2.41. The molecule has 7 heteroatoms. The summed E-state index contributed by atoms with van der Waals surface area (Å²) in [6, 6.07) is 3.34. The van der Waals surface area contributed by atoms with Gasteiger partial charge in [0.25, 0.3) is 5.91 Å². The van der Waals surface area contributed by atoms with Gasteiger partial charge in [-0.1, -0.05) is 0 Å². The Morgan fingerprint density at radius 2 is 2.27 bits per heavy atom. The zero-order valence-electron chi connectivity index (χ0n) is 12.9. The molecule has 1 atom stereocenters. The van der Waals surface area contributed by atoms with Gasteiger partial charge in [-0.2, -0.15) is 11.8 Å². The summed E-state index contributed by atoms with van der Waals surface area (Å²) in [5.74, 6) is 2.19. The Hall–Kier alpha value is -1.63. The van der Waals surface area contributed by atoms with Crippen LogP contribution in [0.15, 0.2) is 27.8 Å². The van der Waals surface area contributed by atoms with E-state index in [2.05, 4.69) is 20.9 Å². The monoisotopic (exact) mass is 324 g/mol. The molecule has 0 aliphatic carbocycles. The van der Waals surface area contributed by atoms with E-state index >= 15 is 0 Å². The van der Waals surface area contributed by atoms with Gasteiger partial charge in [-0.3, -0.25) is 9.79 Å². The van der Waals surface area contributed by atoms with Crippen LogP contribution in [-0.4, -0.2) is 49.0 Å². The first-order chi connectivity index (χ1) is 10.8. The fourth-order valence-electron chi connectivity index (χ4n) is 2.17. The van der Waals surface area contributed by atoms with E-state index in [0.29, 0.717) is 24.1 Å². The van der Waals surface area contributed by atoms with Crippen LogP contribution in [0.4, 0.5) is 0 Å².